The number of esters is 2. The second-order valence-corrected chi connectivity index (χ2v) is 7.20. The summed E-state index contributed by atoms with van der Waals surface area (Å²) in [4.78, 5) is 28.9. The summed E-state index contributed by atoms with van der Waals surface area (Å²) in [5.41, 5.74) is 1.84. The Morgan fingerprint density at radius 3 is 2.67 bits per heavy atom. The number of thiazole rings is 1. The van der Waals surface area contributed by atoms with Crippen molar-refractivity contribution in [3.8, 4) is 22.0 Å². The number of nitrogens with one attached hydrogen (secondary N) is 1. The van der Waals surface area contributed by atoms with Gasteiger partial charge >= 0.3 is 11.9 Å². The van der Waals surface area contributed by atoms with Crippen molar-refractivity contribution in [3.05, 3.63) is 40.7 Å². The van der Waals surface area contributed by atoms with Crippen LogP contribution < -0.4 is 0 Å². The Kier molecular flexibility index (Phi) is 7.23. The quantitative estimate of drug-likeness (QED) is 0.513. The number of rotatable bonds is 9. The molecule has 0 radical (unpaired) electrons. The summed E-state index contributed by atoms with van der Waals surface area (Å²) in [5.74, 6) is -1.21. The zero-order valence-electron chi connectivity index (χ0n) is 16.6. The monoisotopic (exact) mass is 432 g/mol. The lowest BCUT2D eigenvalue weighted by Crippen LogP contribution is -2.06. The molecule has 0 fully saturated rings. The number of ether oxygens (including phenoxy) is 2. The summed E-state index contributed by atoms with van der Waals surface area (Å²) in [6.07, 6.45) is 1.20. The van der Waals surface area contributed by atoms with Crippen molar-refractivity contribution in [2.45, 2.75) is 33.1 Å². The van der Waals surface area contributed by atoms with Crippen LogP contribution in [0.4, 0.5) is 4.39 Å². The molecule has 2 aromatic heterocycles. The van der Waals surface area contributed by atoms with Gasteiger partial charge in [-0.3, -0.25) is 4.79 Å². The molecule has 10 heteroatoms. The lowest BCUT2D eigenvalue weighted by molar-refractivity contribution is -0.143. The first kappa shape index (κ1) is 21.6. The van der Waals surface area contributed by atoms with E-state index in [1.165, 1.54) is 12.1 Å². The third-order valence-corrected chi connectivity index (χ3v) is 5.19. The lowest BCUT2D eigenvalue weighted by Gasteiger charge is -2.03. The van der Waals surface area contributed by atoms with Crippen molar-refractivity contribution in [1.29, 1.82) is 0 Å². The topological polar surface area (TPSA) is 107 Å². The molecule has 2 heterocycles. The zero-order valence-corrected chi connectivity index (χ0v) is 17.4. The molecule has 0 amide bonds. The normalized spacial score (nSPS) is 10.8. The highest BCUT2D eigenvalue weighted by atomic mass is 32.1. The molecule has 1 aromatic carbocycles. The molecule has 0 saturated carbocycles. The van der Waals surface area contributed by atoms with E-state index in [1.54, 1.807) is 26.0 Å². The highest BCUT2D eigenvalue weighted by Gasteiger charge is 2.25. The maximum atomic E-state index is 13.7. The molecule has 0 aliphatic heterocycles. The second-order valence-electron chi connectivity index (χ2n) is 6.21. The number of aromatic nitrogens is 4. The summed E-state index contributed by atoms with van der Waals surface area (Å²) >= 11 is 1.10. The number of hydrogen-bond acceptors (Lipinski definition) is 8. The third kappa shape index (κ3) is 5.07. The van der Waals surface area contributed by atoms with Gasteiger partial charge in [-0.15, -0.1) is 11.3 Å². The number of hydrogen-bond donors (Lipinski definition) is 1. The molecule has 0 spiro atoms. The van der Waals surface area contributed by atoms with Crippen LogP contribution in [0, 0.1) is 5.82 Å². The minimum atomic E-state index is -0.534. The van der Waals surface area contributed by atoms with Gasteiger partial charge in [-0.1, -0.05) is 12.1 Å². The summed E-state index contributed by atoms with van der Waals surface area (Å²) in [6.45, 7) is 4.00. The van der Waals surface area contributed by atoms with E-state index in [-0.39, 0.29) is 23.9 Å². The number of aryl methyl sites for hydroxylation is 1. The fourth-order valence-corrected chi connectivity index (χ4v) is 3.77. The minimum Gasteiger partial charge on any atom is -0.466 e. The molecule has 158 valence electrons. The van der Waals surface area contributed by atoms with Crippen molar-refractivity contribution in [3.63, 3.8) is 0 Å². The minimum absolute atomic E-state index is 0.205. The molecule has 0 aliphatic carbocycles. The van der Waals surface area contributed by atoms with Crippen LogP contribution in [0.25, 0.3) is 22.0 Å². The van der Waals surface area contributed by atoms with E-state index in [9.17, 15) is 14.0 Å². The first-order valence-electron chi connectivity index (χ1n) is 9.53. The van der Waals surface area contributed by atoms with Crippen LogP contribution in [0.2, 0.25) is 0 Å². The predicted octanol–water partition coefficient (Wildman–Crippen LogP) is 3.80. The van der Waals surface area contributed by atoms with Gasteiger partial charge < -0.3 is 9.47 Å². The number of aromatic amines is 1. The fourth-order valence-electron chi connectivity index (χ4n) is 2.81. The molecule has 0 saturated heterocycles. The Morgan fingerprint density at radius 2 is 1.93 bits per heavy atom. The third-order valence-electron chi connectivity index (χ3n) is 4.10. The van der Waals surface area contributed by atoms with Gasteiger partial charge in [0.15, 0.2) is 0 Å². The van der Waals surface area contributed by atoms with E-state index in [2.05, 4.69) is 20.4 Å². The average Bonchev–Trinajstić information content (AvgIpc) is 3.35. The van der Waals surface area contributed by atoms with Crippen LogP contribution in [-0.4, -0.2) is 45.5 Å². The van der Waals surface area contributed by atoms with Gasteiger partial charge in [-0.05, 0) is 38.8 Å². The highest BCUT2D eigenvalue weighted by molar-refractivity contribution is 7.17. The van der Waals surface area contributed by atoms with Crippen molar-refractivity contribution in [2.24, 2.45) is 0 Å². The molecular formula is C20H21FN4O4S. The molecule has 1 N–H and O–H groups in total. The number of halogens is 1. The standard InChI is InChI=1S/C20H21FN4O4S/c1-3-28-15(26)10-6-9-14-16(24-25-23-14)17-18(20(27)29-4-2)30-19(22-17)12-7-5-8-13(21)11-12/h5,7-8,11H,3-4,6,9-10H2,1-2H3,(H,23,24,25). The smallest absolute Gasteiger partial charge is 0.350 e. The average molecular weight is 432 g/mol. The summed E-state index contributed by atoms with van der Waals surface area (Å²) < 4.78 is 23.7. The van der Waals surface area contributed by atoms with Crippen LogP contribution in [-0.2, 0) is 20.7 Å². The van der Waals surface area contributed by atoms with Gasteiger partial charge in [-0.2, -0.15) is 15.4 Å². The van der Waals surface area contributed by atoms with Crippen molar-refractivity contribution >= 4 is 23.3 Å². The molecule has 0 atom stereocenters. The Bertz CT molecular complexity index is 1030. The van der Waals surface area contributed by atoms with Crippen LogP contribution in [0.15, 0.2) is 24.3 Å². The van der Waals surface area contributed by atoms with Gasteiger partial charge in [0, 0.05) is 12.0 Å². The SMILES string of the molecule is CCOC(=O)CCCc1n[nH]nc1-c1nc(-c2cccc(F)c2)sc1C(=O)OCC. The Hall–Kier alpha value is -3.14. The predicted molar refractivity (Wildman–Crippen MR) is 108 cm³/mol. The van der Waals surface area contributed by atoms with Gasteiger partial charge in [-0.25, -0.2) is 14.2 Å². The first-order valence-corrected chi connectivity index (χ1v) is 10.3. The number of H-pyrrole nitrogens is 1. The van der Waals surface area contributed by atoms with Gasteiger partial charge in [0.2, 0.25) is 0 Å². The fraction of sp³-hybridized carbons (Fsp3) is 0.350. The van der Waals surface area contributed by atoms with Gasteiger partial charge in [0.05, 0.1) is 18.9 Å². The first-order chi connectivity index (χ1) is 14.5. The van der Waals surface area contributed by atoms with Crippen molar-refractivity contribution in [2.75, 3.05) is 13.2 Å². The van der Waals surface area contributed by atoms with Crippen LogP contribution in [0.5, 0.6) is 0 Å². The Labute approximate surface area is 176 Å². The Morgan fingerprint density at radius 1 is 1.13 bits per heavy atom. The molecular weight excluding hydrogens is 411 g/mol. The van der Waals surface area contributed by atoms with E-state index in [4.69, 9.17) is 9.47 Å². The maximum Gasteiger partial charge on any atom is 0.350 e. The summed E-state index contributed by atoms with van der Waals surface area (Å²) in [7, 11) is 0. The van der Waals surface area contributed by atoms with Crippen LogP contribution in [0.1, 0.15) is 42.1 Å². The lowest BCUT2D eigenvalue weighted by atomic mass is 10.1. The van der Waals surface area contributed by atoms with Gasteiger partial charge in [0.1, 0.15) is 27.1 Å². The number of carbonyl (C=O) groups excluding carboxylic acids is 2. The number of carbonyl (C=O) groups is 2. The molecule has 0 aliphatic rings. The molecule has 8 nitrogen and oxygen atoms in total. The molecule has 3 aromatic rings. The summed E-state index contributed by atoms with van der Waals surface area (Å²) in [5, 5.41) is 11.3. The van der Waals surface area contributed by atoms with E-state index >= 15 is 0 Å². The van der Waals surface area contributed by atoms with Crippen molar-refractivity contribution < 1.29 is 23.5 Å². The Balaban J connectivity index is 1.92. The highest BCUT2D eigenvalue weighted by Crippen LogP contribution is 2.35. The molecule has 3 rings (SSSR count). The number of benzene rings is 1. The van der Waals surface area contributed by atoms with E-state index in [0.29, 0.717) is 47.1 Å². The van der Waals surface area contributed by atoms with E-state index < -0.39 is 11.8 Å². The molecule has 30 heavy (non-hydrogen) atoms. The summed E-state index contributed by atoms with van der Waals surface area (Å²) in [6, 6.07) is 5.97. The van der Waals surface area contributed by atoms with Crippen LogP contribution in [0.3, 0.4) is 0 Å². The van der Waals surface area contributed by atoms with Crippen LogP contribution >= 0.6 is 11.3 Å². The largest absolute Gasteiger partial charge is 0.466 e. The second kappa shape index (κ2) is 10.1. The van der Waals surface area contributed by atoms with E-state index in [1.807, 2.05) is 0 Å². The van der Waals surface area contributed by atoms with Crippen molar-refractivity contribution in [1.82, 2.24) is 20.4 Å². The molecule has 0 bridgehead atoms. The molecule has 0 unspecified atom stereocenters. The van der Waals surface area contributed by atoms with E-state index in [0.717, 1.165) is 11.3 Å². The maximum absolute atomic E-state index is 13.7. The number of nitrogens with zero attached hydrogens (tertiary/aromatic N) is 3. The van der Waals surface area contributed by atoms with Gasteiger partial charge in [0.25, 0.3) is 0 Å². The zero-order chi connectivity index (χ0) is 21.5.